The Labute approximate surface area is 100 Å². The number of hydrogen-bond donors (Lipinski definition) is 1. The summed E-state index contributed by atoms with van der Waals surface area (Å²) in [6, 6.07) is 0. The number of hydrogen-bond acceptors (Lipinski definition) is 5. The van der Waals surface area contributed by atoms with Gasteiger partial charge in [-0.05, 0) is 6.92 Å². The summed E-state index contributed by atoms with van der Waals surface area (Å²) in [6.45, 7) is 3.73. The van der Waals surface area contributed by atoms with Crippen LogP contribution in [-0.2, 0) is 9.84 Å². The number of nitrogens with zero attached hydrogens (tertiary/aromatic N) is 2. The van der Waals surface area contributed by atoms with Crippen LogP contribution < -0.4 is 5.32 Å². The summed E-state index contributed by atoms with van der Waals surface area (Å²) < 4.78 is 22.5. The molecular weight excluding hydrogens is 250 g/mol. The van der Waals surface area contributed by atoms with Crippen LogP contribution in [0.4, 0.5) is 5.82 Å². The zero-order chi connectivity index (χ0) is 12.2. The summed E-state index contributed by atoms with van der Waals surface area (Å²) in [7, 11) is -2.95. The molecule has 1 aromatic heterocycles. The maximum absolute atomic E-state index is 11.2. The molecule has 7 heteroatoms. The number of aromatic nitrogens is 2. The first kappa shape index (κ1) is 13.2. The van der Waals surface area contributed by atoms with Gasteiger partial charge in [-0.1, -0.05) is 18.5 Å². The smallest absolute Gasteiger partial charge is 0.151 e. The predicted octanol–water partition coefficient (Wildman–Crippen LogP) is 1.29. The van der Waals surface area contributed by atoms with E-state index in [-0.39, 0.29) is 11.5 Å². The molecule has 1 aromatic rings. The number of anilines is 1. The highest BCUT2D eigenvalue weighted by Crippen LogP contribution is 2.17. The number of nitrogens with one attached hydrogen (secondary N) is 1. The topological polar surface area (TPSA) is 72.0 Å². The third kappa shape index (κ3) is 3.61. The minimum absolute atomic E-state index is 0.0879. The second-order valence-corrected chi connectivity index (χ2v) is 6.13. The van der Waals surface area contributed by atoms with Gasteiger partial charge in [0, 0.05) is 17.9 Å². The third-order valence-corrected chi connectivity index (χ3v) is 4.25. The van der Waals surface area contributed by atoms with Crippen LogP contribution in [-0.4, -0.2) is 36.4 Å². The van der Waals surface area contributed by atoms with Gasteiger partial charge in [-0.15, -0.1) is 0 Å². The zero-order valence-electron chi connectivity index (χ0n) is 9.20. The highest BCUT2D eigenvalue weighted by Gasteiger charge is 2.08. The van der Waals surface area contributed by atoms with E-state index in [2.05, 4.69) is 15.3 Å². The van der Waals surface area contributed by atoms with Crippen LogP contribution in [0.25, 0.3) is 0 Å². The van der Waals surface area contributed by atoms with Crippen molar-refractivity contribution in [2.45, 2.75) is 13.8 Å². The van der Waals surface area contributed by atoms with Crippen LogP contribution in [0.2, 0.25) is 5.15 Å². The first-order valence-electron chi connectivity index (χ1n) is 4.87. The minimum atomic E-state index is -2.95. The van der Waals surface area contributed by atoms with Gasteiger partial charge < -0.3 is 5.32 Å². The third-order valence-electron chi connectivity index (χ3n) is 2.17. The molecule has 0 amide bonds. The molecule has 0 fully saturated rings. The van der Waals surface area contributed by atoms with Crippen molar-refractivity contribution in [1.82, 2.24) is 9.97 Å². The van der Waals surface area contributed by atoms with Crippen LogP contribution in [0.1, 0.15) is 12.5 Å². The normalized spacial score (nSPS) is 11.4. The van der Waals surface area contributed by atoms with Crippen molar-refractivity contribution < 1.29 is 8.42 Å². The Morgan fingerprint density at radius 1 is 1.44 bits per heavy atom. The van der Waals surface area contributed by atoms with Crippen LogP contribution in [0.3, 0.4) is 0 Å². The molecular formula is C9H14ClN3O2S. The molecule has 0 atom stereocenters. The zero-order valence-corrected chi connectivity index (χ0v) is 10.8. The molecule has 0 bridgehead atoms. The van der Waals surface area contributed by atoms with Gasteiger partial charge in [-0.25, -0.2) is 18.4 Å². The van der Waals surface area contributed by atoms with E-state index in [9.17, 15) is 8.42 Å². The minimum Gasteiger partial charge on any atom is -0.369 e. The highest BCUT2D eigenvalue weighted by molar-refractivity contribution is 7.91. The van der Waals surface area contributed by atoms with Crippen molar-refractivity contribution in [2.75, 3.05) is 23.4 Å². The monoisotopic (exact) mass is 263 g/mol. The summed E-state index contributed by atoms with van der Waals surface area (Å²) in [5, 5.41) is 3.30. The van der Waals surface area contributed by atoms with Crippen molar-refractivity contribution >= 4 is 27.3 Å². The Hall–Kier alpha value is -0.880. The van der Waals surface area contributed by atoms with E-state index >= 15 is 0 Å². The van der Waals surface area contributed by atoms with Gasteiger partial charge in [0.05, 0.1) is 5.75 Å². The van der Waals surface area contributed by atoms with Crippen molar-refractivity contribution in [3.8, 4) is 0 Å². The lowest BCUT2D eigenvalue weighted by Gasteiger charge is -2.08. The SMILES string of the molecule is CCS(=O)(=O)CCNc1ncnc(Cl)c1C. The predicted molar refractivity (Wildman–Crippen MR) is 64.6 cm³/mol. The lowest BCUT2D eigenvalue weighted by Crippen LogP contribution is -2.18. The van der Waals surface area contributed by atoms with Gasteiger partial charge in [0.1, 0.15) is 17.3 Å². The van der Waals surface area contributed by atoms with E-state index in [0.29, 0.717) is 17.5 Å². The maximum atomic E-state index is 11.2. The van der Waals surface area contributed by atoms with E-state index in [1.807, 2.05) is 0 Å². The first-order valence-corrected chi connectivity index (χ1v) is 7.07. The first-order chi connectivity index (χ1) is 7.46. The molecule has 16 heavy (non-hydrogen) atoms. The van der Waals surface area contributed by atoms with Gasteiger partial charge in [0.15, 0.2) is 9.84 Å². The van der Waals surface area contributed by atoms with Crippen molar-refractivity contribution in [3.05, 3.63) is 17.0 Å². The molecule has 0 saturated carbocycles. The van der Waals surface area contributed by atoms with Crippen molar-refractivity contribution in [2.24, 2.45) is 0 Å². The fourth-order valence-electron chi connectivity index (χ4n) is 1.08. The summed E-state index contributed by atoms with van der Waals surface area (Å²) in [5.41, 5.74) is 0.720. The van der Waals surface area contributed by atoms with Crippen LogP contribution in [0.5, 0.6) is 0 Å². The summed E-state index contributed by atoms with van der Waals surface area (Å²) in [4.78, 5) is 7.79. The lowest BCUT2D eigenvalue weighted by atomic mass is 10.3. The largest absolute Gasteiger partial charge is 0.369 e. The molecule has 0 spiro atoms. The van der Waals surface area contributed by atoms with Gasteiger partial charge >= 0.3 is 0 Å². The Morgan fingerprint density at radius 2 is 2.12 bits per heavy atom. The second-order valence-electron chi connectivity index (χ2n) is 3.30. The van der Waals surface area contributed by atoms with Crippen LogP contribution >= 0.6 is 11.6 Å². The van der Waals surface area contributed by atoms with Gasteiger partial charge in [0.2, 0.25) is 0 Å². The lowest BCUT2D eigenvalue weighted by molar-refractivity contribution is 0.597. The van der Waals surface area contributed by atoms with Crippen molar-refractivity contribution in [3.63, 3.8) is 0 Å². The fourth-order valence-corrected chi connectivity index (χ4v) is 1.91. The molecule has 90 valence electrons. The summed E-state index contributed by atoms with van der Waals surface area (Å²) in [5.74, 6) is 0.814. The molecule has 0 radical (unpaired) electrons. The van der Waals surface area contributed by atoms with E-state index < -0.39 is 9.84 Å². The molecule has 0 saturated heterocycles. The van der Waals surface area contributed by atoms with Gasteiger partial charge in [-0.3, -0.25) is 0 Å². The summed E-state index contributed by atoms with van der Waals surface area (Å²) >= 11 is 5.80. The highest BCUT2D eigenvalue weighted by atomic mass is 35.5. The number of halogens is 1. The number of sulfone groups is 1. The quantitative estimate of drug-likeness (QED) is 0.811. The van der Waals surface area contributed by atoms with E-state index in [1.54, 1.807) is 13.8 Å². The Morgan fingerprint density at radius 3 is 2.75 bits per heavy atom. The molecule has 0 unspecified atom stereocenters. The Kier molecular flexibility index (Phi) is 4.49. The molecule has 5 nitrogen and oxygen atoms in total. The van der Waals surface area contributed by atoms with E-state index in [1.165, 1.54) is 6.33 Å². The van der Waals surface area contributed by atoms with Crippen molar-refractivity contribution in [1.29, 1.82) is 0 Å². The Bertz CT molecular complexity index is 462. The van der Waals surface area contributed by atoms with E-state index in [4.69, 9.17) is 11.6 Å². The second kappa shape index (κ2) is 5.45. The average molecular weight is 264 g/mol. The molecule has 1 N–H and O–H groups in total. The molecule has 1 heterocycles. The Balaban J connectivity index is 2.59. The molecule has 0 aliphatic rings. The molecule has 0 aromatic carbocycles. The van der Waals surface area contributed by atoms with Crippen LogP contribution in [0, 0.1) is 6.92 Å². The van der Waals surface area contributed by atoms with Crippen LogP contribution in [0.15, 0.2) is 6.33 Å². The molecule has 0 aliphatic carbocycles. The maximum Gasteiger partial charge on any atom is 0.151 e. The standard InChI is InChI=1S/C9H14ClN3O2S/c1-3-16(14,15)5-4-11-9-7(2)8(10)12-6-13-9/h6H,3-5H2,1-2H3,(H,11,12,13). The molecule has 1 rings (SSSR count). The summed E-state index contributed by atoms with van der Waals surface area (Å²) in [6.07, 6.45) is 1.34. The molecule has 0 aliphatic heterocycles. The van der Waals surface area contributed by atoms with Gasteiger partial charge in [0.25, 0.3) is 0 Å². The average Bonchev–Trinajstić information content (AvgIpc) is 2.24. The number of rotatable bonds is 5. The van der Waals surface area contributed by atoms with E-state index in [0.717, 1.165) is 5.56 Å². The van der Waals surface area contributed by atoms with Gasteiger partial charge in [-0.2, -0.15) is 0 Å². The fraction of sp³-hybridized carbons (Fsp3) is 0.556.